The summed E-state index contributed by atoms with van der Waals surface area (Å²) in [6, 6.07) is 23.4. The fourth-order valence-electron chi connectivity index (χ4n) is 3.34. The van der Waals surface area contributed by atoms with Crippen LogP contribution in [0.5, 0.6) is 0 Å². The quantitative estimate of drug-likeness (QED) is 0.495. The lowest BCUT2D eigenvalue weighted by atomic mass is 9.95. The molecule has 1 aliphatic rings. The molecule has 4 rings (SSSR count). The van der Waals surface area contributed by atoms with E-state index in [1.54, 1.807) is 0 Å². The molecule has 0 fully saturated rings. The fourth-order valence-corrected chi connectivity index (χ4v) is 3.34. The van der Waals surface area contributed by atoms with E-state index in [0.29, 0.717) is 11.4 Å². The second-order valence-electron chi connectivity index (χ2n) is 7.18. The summed E-state index contributed by atoms with van der Waals surface area (Å²) < 4.78 is 59.2. The molecule has 2 N–H and O–H groups in total. The number of aliphatic carboxylic acids is 1. The number of carboxylic acid groups (broad SMARTS) is 1. The zero-order valence-corrected chi connectivity index (χ0v) is 17.1. The van der Waals surface area contributed by atoms with Crippen molar-refractivity contribution < 1.29 is 31.9 Å². The molecule has 0 unspecified atom stereocenters. The SMILES string of the molecule is Fc1ccc(F)c(CC2=N[C@H](c3ccccc3)[C@H](c3ccccc3)N2)c1.O=C(O)C(F)(F)F. The van der Waals surface area contributed by atoms with E-state index in [1.165, 1.54) is 6.07 Å². The smallest absolute Gasteiger partial charge is 0.475 e. The van der Waals surface area contributed by atoms with Crippen molar-refractivity contribution in [2.75, 3.05) is 0 Å². The first-order valence-corrected chi connectivity index (χ1v) is 9.82. The largest absolute Gasteiger partial charge is 0.490 e. The first-order valence-electron chi connectivity index (χ1n) is 9.82. The molecule has 3 aromatic rings. The number of nitrogens with zero attached hydrogens (tertiary/aromatic N) is 1. The van der Waals surface area contributed by atoms with Crippen molar-refractivity contribution in [2.45, 2.75) is 24.7 Å². The van der Waals surface area contributed by atoms with Crippen molar-refractivity contribution in [3.63, 3.8) is 0 Å². The summed E-state index contributed by atoms with van der Waals surface area (Å²) in [6.07, 6.45) is -4.85. The standard InChI is InChI=1S/C22H18F2N2.C2HF3O2/c23-18-11-12-19(24)17(13-18)14-20-25-21(15-7-3-1-4-8-15)22(26-20)16-9-5-2-6-10-16;3-2(4,5)1(6)7/h1-13,21-22H,14H2,(H,25,26);(H,6,7)/t21-,22+;. The van der Waals surface area contributed by atoms with Crippen LogP contribution < -0.4 is 5.32 Å². The van der Waals surface area contributed by atoms with Crippen molar-refractivity contribution in [1.29, 1.82) is 0 Å². The molecule has 1 aliphatic heterocycles. The maximum absolute atomic E-state index is 14.0. The van der Waals surface area contributed by atoms with Gasteiger partial charge in [0.1, 0.15) is 23.5 Å². The number of carboxylic acids is 1. The van der Waals surface area contributed by atoms with Gasteiger partial charge in [0.15, 0.2) is 0 Å². The zero-order valence-electron chi connectivity index (χ0n) is 17.1. The molecule has 0 saturated heterocycles. The van der Waals surface area contributed by atoms with Crippen LogP contribution in [0.4, 0.5) is 22.0 Å². The van der Waals surface area contributed by atoms with E-state index >= 15 is 0 Å². The molecular weight excluding hydrogens is 443 g/mol. The Morgan fingerprint density at radius 1 is 0.909 bits per heavy atom. The average Bonchev–Trinajstić information content (AvgIpc) is 3.21. The summed E-state index contributed by atoms with van der Waals surface area (Å²) in [7, 11) is 0. The van der Waals surface area contributed by atoms with Crippen LogP contribution in [0.2, 0.25) is 0 Å². The number of aliphatic imine (C=N–C) groups is 1. The molecule has 33 heavy (non-hydrogen) atoms. The van der Waals surface area contributed by atoms with Gasteiger partial charge in [0, 0.05) is 6.42 Å². The van der Waals surface area contributed by atoms with Gasteiger partial charge < -0.3 is 10.4 Å². The number of amidine groups is 1. The van der Waals surface area contributed by atoms with E-state index in [1.807, 2.05) is 48.5 Å². The van der Waals surface area contributed by atoms with Gasteiger partial charge in [0.2, 0.25) is 0 Å². The van der Waals surface area contributed by atoms with E-state index in [4.69, 9.17) is 14.9 Å². The van der Waals surface area contributed by atoms with E-state index in [-0.39, 0.29) is 18.5 Å². The molecule has 0 amide bonds. The summed E-state index contributed by atoms with van der Waals surface area (Å²) >= 11 is 0. The second-order valence-corrected chi connectivity index (χ2v) is 7.18. The van der Waals surface area contributed by atoms with Crippen LogP contribution in [0, 0.1) is 11.6 Å². The molecule has 2 atom stereocenters. The number of halogens is 5. The fraction of sp³-hybridized carbons (Fsp3) is 0.167. The Kier molecular flexibility index (Phi) is 7.42. The van der Waals surface area contributed by atoms with Crippen LogP contribution in [0.3, 0.4) is 0 Å². The summed E-state index contributed by atoms with van der Waals surface area (Å²) in [4.78, 5) is 13.7. The second kappa shape index (κ2) is 10.2. The maximum Gasteiger partial charge on any atom is 0.490 e. The maximum atomic E-state index is 14.0. The molecule has 0 aromatic heterocycles. The minimum absolute atomic E-state index is 0.0368. The lowest BCUT2D eigenvalue weighted by molar-refractivity contribution is -0.192. The van der Waals surface area contributed by atoms with E-state index in [0.717, 1.165) is 23.3 Å². The molecule has 1 heterocycles. The Morgan fingerprint density at radius 3 is 2.00 bits per heavy atom. The monoisotopic (exact) mass is 462 g/mol. The highest BCUT2D eigenvalue weighted by molar-refractivity contribution is 5.87. The number of rotatable bonds is 4. The van der Waals surface area contributed by atoms with Crippen LogP contribution >= 0.6 is 0 Å². The third kappa shape index (κ3) is 6.38. The van der Waals surface area contributed by atoms with E-state index in [9.17, 15) is 22.0 Å². The first-order chi connectivity index (χ1) is 15.6. The molecule has 0 spiro atoms. The number of hydrogen-bond acceptors (Lipinski definition) is 3. The van der Waals surface area contributed by atoms with E-state index in [2.05, 4.69) is 17.4 Å². The third-order valence-corrected chi connectivity index (χ3v) is 4.84. The van der Waals surface area contributed by atoms with Crippen molar-refractivity contribution in [1.82, 2.24) is 5.32 Å². The topological polar surface area (TPSA) is 61.7 Å². The van der Waals surface area contributed by atoms with Crippen LogP contribution in [0.15, 0.2) is 83.9 Å². The Hall–Kier alpha value is -3.75. The molecule has 3 aromatic carbocycles. The number of alkyl halides is 3. The van der Waals surface area contributed by atoms with Crippen LogP contribution in [-0.4, -0.2) is 23.1 Å². The lowest BCUT2D eigenvalue weighted by Gasteiger charge is -2.19. The predicted molar refractivity (Wildman–Crippen MR) is 113 cm³/mol. The third-order valence-electron chi connectivity index (χ3n) is 4.84. The van der Waals surface area contributed by atoms with Crippen LogP contribution in [0.1, 0.15) is 28.8 Å². The molecule has 0 bridgehead atoms. The molecule has 4 nitrogen and oxygen atoms in total. The molecule has 9 heteroatoms. The van der Waals surface area contributed by atoms with Gasteiger partial charge in [-0.25, -0.2) is 13.6 Å². The van der Waals surface area contributed by atoms with Crippen LogP contribution in [-0.2, 0) is 11.2 Å². The Morgan fingerprint density at radius 2 is 1.45 bits per heavy atom. The number of hydrogen-bond donors (Lipinski definition) is 2. The highest BCUT2D eigenvalue weighted by Crippen LogP contribution is 2.36. The van der Waals surface area contributed by atoms with Gasteiger partial charge in [-0.15, -0.1) is 0 Å². The van der Waals surface area contributed by atoms with Crippen molar-refractivity contribution in [3.8, 4) is 0 Å². The number of carbonyl (C=O) groups is 1. The van der Waals surface area contributed by atoms with Crippen molar-refractivity contribution in [3.05, 3.63) is 107 Å². The molecule has 0 aliphatic carbocycles. The van der Waals surface area contributed by atoms with Crippen LogP contribution in [0.25, 0.3) is 0 Å². The van der Waals surface area contributed by atoms with Gasteiger partial charge >= 0.3 is 12.1 Å². The minimum Gasteiger partial charge on any atom is -0.475 e. The minimum atomic E-state index is -5.08. The van der Waals surface area contributed by atoms with Gasteiger partial charge in [-0.05, 0) is 34.9 Å². The van der Waals surface area contributed by atoms with Crippen molar-refractivity contribution >= 4 is 11.8 Å². The summed E-state index contributed by atoms with van der Waals surface area (Å²) in [5, 5.41) is 10.5. The highest BCUT2D eigenvalue weighted by Gasteiger charge is 2.38. The van der Waals surface area contributed by atoms with Gasteiger partial charge in [0.25, 0.3) is 0 Å². The van der Waals surface area contributed by atoms with Crippen molar-refractivity contribution in [2.24, 2.45) is 4.99 Å². The van der Waals surface area contributed by atoms with Gasteiger partial charge in [-0.2, -0.15) is 13.2 Å². The van der Waals surface area contributed by atoms with E-state index < -0.39 is 23.8 Å². The van der Waals surface area contributed by atoms with Gasteiger partial charge in [0.05, 0.1) is 6.04 Å². The first kappa shape index (κ1) is 23.9. The highest BCUT2D eigenvalue weighted by atomic mass is 19.4. The average molecular weight is 462 g/mol. The molecule has 0 radical (unpaired) electrons. The Balaban J connectivity index is 0.000000383. The Bertz CT molecular complexity index is 1120. The van der Waals surface area contributed by atoms with Gasteiger partial charge in [-0.3, -0.25) is 4.99 Å². The summed E-state index contributed by atoms with van der Waals surface area (Å²) in [6.45, 7) is 0. The molecular formula is C24H19F5N2O2. The predicted octanol–water partition coefficient (Wildman–Crippen LogP) is 5.62. The van der Waals surface area contributed by atoms with Gasteiger partial charge in [-0.1, -0.05) is 60.7 Å². The lowest BCUT2D eigenvalue weighted by Crippen LogP contribution is -2.26. The normalized spacial score (nSPS) is 17.4. The number of benzene rings is 3. The summed E-state index contributed by atoms with van der Waals surface area (Å²) in [5.41, 5.74) is 2.50. The number of nitrogens with one attached hydrogen (secondary N) is 1. The summed E-state index contributed by atoms with van der Waals surface area (Å²) in [5.74, 6) is -2.96. The zero-order chi connectivity index (χ0) is 24.0. The Labute approximate surface area is 186 Å². The molecule has 172 valence electrons. The molecule has 0 saturated carbocycles.